The standard InChI is InChI=1S/C24H30N4O2S/c1-15-8-9-17-20(14-15)31-24-21(17)23(29)25-22(26-24)16(2)27-10-12-28(13-11-27)18-6-4-5-7-19(18)30-3/h4-7,15-16H,8-14H2,1-3H3,(H,25,26,29). The quantitative estimate of drug-likeness (QED) is 0.667. The van der Waals surface area contributed by atoms with Gasteiger partial charge in [-0.15, -0.1) is 11.3 Å². The largest absolute Gasteiger partial charge is 0.495 e. The lowest BCUT2D eigenvalue weighted by Crippen LogP contribution is -2.47. The normalized spacial score (nSPS) is 20.6. The van der Waals surface area contributed by atoms with Crippen LogP contribution < -0.4 is 15.2 Å². The van der Waals surface area contributed by atoms with Gasteiger partial charge in [0.2, 0.25) is 0 Å². The van der Waals surface area contributed by atoms with Gasteiger partial charge in [0.15, 0.2) is 0 Å². The number of benzene rings is 1. The highest BCUT2D eigenvalue weighted by molar-refractivity contribution is 7.18. The van der Waals surface area contributed by atoms with Gasteiger partial charge in [0.25, 0.3) is 5.56 Å². The van der Waals surface area contributed by atoms with Crippen LogP contribution in [0.3, 0.4) is 0 Å². The molecule has 0 spiro atoms. The number of rotatable bonds is 4. The van der Waals surface area contributed by atoms with Gasteiger partial charge in [-0.2, -0.15) is 0 Å². The van der Waals surface area contributed by atoms with Gasteiger partial charge in [-0.05, 0) is 49.8 Å². The number of hydrogen-bond acceptors (Lipinski definition) is 6. The fourth-order valence-corrected chi connectivity index (χ4v) is 6.37. The average molecular weight is 439 g/mol. The number of nitrogens with zero attached hydrogens (tertiary/aromatic N) is 3. The molecule has 2 aliphatic rings. The summed E-state index contributed by atoms with van der Waals surface area (Å²) >= 11 is 1.73. The zero-order chi connectivity index (χ0) is 21.5. The first kappa shape index (κ1) is 20.5. The van der Waals surface area contributed by atoms with Crippen molar-refractivity contribution in [2.24, 2.45) is 5.92 Å². The van der Waals surface area contributed by atoms with E-state index in [0.717, 1.165) is 72.9 Å². The minimum Gasteiger partial charge on any atom is -0.495 e. The number of methoxy groups -OCH3 is 1. The van der Waals surface area contributed by atoms with Gasteiger partial charge in [-0.1, -0.05) is 19.1 Å². The number of hydrogen-bond donors (Lipinski definition) is 1. The molecule has 2 unspecified atom stereocenters. The van der Waals surface area contributed by atoms with Crippen LogP contribution in [0.5, 0.6) is 5.75 Å². The van der Waals surface area contributed by atoms with Crippen LogP contribution in [0.2, 0.25) is 0 Å². The highest BCUT2D eigenvalue weighted by atomic mass is 32.1. The highest BCUT2D eigenvalue weighted by Gasteiger charge is 2.27. The van der Waals surface area contributed by atoms with Crippen LogP contribution in [0.1, 0.15) is 42.6 Å². The minimum absolute atomic E-state index is 0.0339. The van der Waals surface area contributed by atoms with E-state index in [9.17, 15) is 4.79 Å². The van der Waals surface area contributed by atoms with Crippen molar-refractivity contribution in [2.45, 2.75) is 39.2 Å². The molecule has 1 saturated heterocycles. The first-order valence-electron chi connectivity index (χ1n) is 11.2. The van der Waals surface area contributed by atoms with Gasteiger partial charge in [-0.25, -0.2) is 4.98 Å². The van der Waals surface area contributed by atoms with Crippen LogP contribution in [0.25, 0.3) is 10.2 Å². The van der Waals surface area contributed by atoms with Gasteiger partial charge in [-0.3, -0.25) is 9.69 Å². The minimum atomic E-state index is 0.0339. The van der Waals surface area contributed by atoms with E-state index >= 15 is 0 Å². The molecule has 1 N–H and O–H groups in total. The Morgan fingerprint density at radius 1 is 1.23 bits per heavy atom. The second-order valence-corrected chi connectivity index (χ2v) is 9.94. The first-order valence-corrected chi connectivity index (χ1v) is 12.0. The zero-order valence-corrected chi connectivity index (χ0v) is 19.3. The summed E-state index contributed by atoms with van der Waals surface area (Å²) in [7, 11) is 1.72. The third kappa shape index (κ3) is 3.74. The Kier molecular flexibility index (Phi) is 5.48. The molecule has 1 aliphatic heterocycles. The van der Waals surface area contributed by atoms with E-state index in [0.29, 0.717) is 5.92 Å². The average Bonchev–Trinajstić information content (AvgIpc) is 3.16. The van der Waals surface area contributed by atoms with Crippen LogP contribution in [0, 0.1) is 5.92 Å². The second kappa shape index (κ2) is 8.28. The molecular weight excluding hydrogens is 408 g/mol. The van der Waals surface area contributed by atoms with Gasteiger partial charge >= 0.3 is 0 Å². The maximum atomic E-state index is 13.0. The van der Waals surface area contributed by atoms with Gasteiger partial charge in [0.05, 0.1) is 24.2 Å². The molecule has 1 fully saturated rings. The van der Waals surface area contributed by atoms with Crippen LogP contribution in [0.4, 0.5) is 5.69 Å². The smallest absolute Gasteiger partial charge is 0.259 e. The van der Waals surface area contributed by atoms with E-state index in [1.54, 1.807) is 18.4 Å². The number of para-hydroxylation sites is 2. The van der Waals surface area contributed by atoms with Gasteiger partial charge < -0.3 is 14.6 Å². The van der Waals surface area contributed by atoms with Gasteiger partial charge in [0, 0.05) is 31.1 Å². The highest BCUT2D eigenvalue weighted by Crippen LogP contribution is 2.36. The molecule has 6 nitrogen and oxygen atoms in total. The Hall–Kier alpha value is -2.38. The predicted octanol–water partition coefficient (Wildman–Crippen LogP) is 4.00. The van der Waals surface area contributed by atoms with Crippen molar-refractivity contribution >= 4 is 27.2 Å². The Labute approximate surface area is 186 Å². The Morgan fingerprint density at radius 3 is 2.77 bits per heavy atom. The molecule has 0 radical (unpaired) electrons. The Morgan fingerprint density at radius 2 is 2.00 bits per heavy atom. The molecule has 31 heavy (non-hydrogen) atoms. The molecule has 0 amide bonds. The van der Waals surface area contributed by atoms with Crippen molar-refractivity contribution in [3.05, 3.63) is 50.9 Å². The lowest BCUT2D eigenvalue weighted by molar-refractivity contribution is 0.191. The van der Waals surface area contributed by atoms with Crippen molar-refractivity contribution in [3.63, 3.8) is 0 Å². The maximum absolute atomic E-state index is 13.0. The number of aryl methyl sites for hydroxylation is 1. The van der Waals surface area contributed by atoms with Crippen molar-refractivity contribution in [1.82, 2.24) is 14.9 Å². The molecular formula is C24H30N4O2S. The number of aromatic nitrogens is 2. The topological polar surface area (TPSA) is 61.5 Å². The number of nitrogens with one attached hydrogen (secondary N) is 1. The molecule has 5 rings (SSSR count). The predicted molar refractivity (Wildman–Crippen MR) is 127 cm³/mol. The summed E-state index contributed by atoms with van der Waals surface area (Å²) in [6.45, 7) is 8.12. The number of piperazine rings is 1. The maximum Gasteiger partial charge on any atom is 0.259 e. The van der Waals surface area contributed by atoms with Crippen LogP contribution >= 0.6 is 11.3 Å². The summed E-state index contributed by atoms with van der Waals surface area (Å²) < 4.78 is 5.53. The van der Waals surface area contributed by atoms with E-state index in [1.165, 1.54) is 10.4 Å². The van der Waals surface area contributed by atoms with Crippen molar-refractivity contribution in [3.8, 4) is 5.75 Å². The fraction of sp³-hybridized carbons (Fsp3) is 0.500. The van der Waals surface area contributed by atoms with Crippen molar-refractivity contribution in [2.75, 3.05) is 38.2 Å². The second-order valence-electron chi connectivity index (χ2n) is 8.85. The number of thiophene rings is 1. The van der Waals surface area contributed by atoms with Gasteiger partial charge in [0.1, 0.15) is 16.4 Å². The zero-order valence-electron chi connectivity index (χ0n) is 18.5. The number of ether oxygens (including phenoxy) is 1. The molecule has 1 aromatic carbocycles. The lowest BCUT2D eigenvalue weighted by Gasteiger charge is -2.39. The molecule has 2 atom stereocenters. The molecule has 164 valence electrons. The molecule has 2 aromatic heterocycles. The van der Waals surface area contributed by atoms with E-state index in [2.05, 4.69) is 40.8 Å². The number of aromatic amines is 1. The summed E-state index contributed by atoms with van der Waals surface area (Å²) in [5.41, 5.74) is 2.42. The lowest BCUT2D eigenvalue weighted by atomic mass is 9.89. The van der Waals surface area contributed by atoms with Crippen molar-refractivity contribution in [1.29, 1.82) is 0 Å². The molecule has 0 bridgehead atoms. The Balaban J connectivity index is 1.35. The third-order valence-electron chi connectivity index (χ3n) is 6.87. The SMILES string of the molecule is COc1ccccc1N1CCN(C(C)c2nc3sc4c(c3c(=O)[nH]2)CCC(C)C4)CC1. The summed E-state index contributed by atoms with van der Waals surface area (Å²) in [5.74, 6) is 2.39. The van der Waals surface area contributed by atoms with E-state index in [4.69, 9.17) is 9.72 Å². The van der Waals surface area contributed by atoms with Crippen molar-refractivity contribution < 1.29 is 4.74 Å². The summed E-state index contributed by atoms with van der Waals surface area (Å²) in [5, 5.41) is 0.837. The van der Waals surface area contributed by atoms with Crippen LogP contribution in [-0.2, 0) is 12.8 Å². The molecule has 3 aromatic rings. The van der Waals surface area contributed by atoms with Crippen LogP contribution in [0.15, 0.2) is 29.1 Å². The molecule has 0 saturated carbocycles. The summed E-state index contributed by atoms with van der Waals surface area (Å²) in [6.07, 6.45) is 3.24. The molecule has 3 heterocycles. The van der Waals surface area contributed by atoms with E-state index < -0.39 is 0 Å². The first-order chi connectivity index (χ1) is 15.0. The Bertz CT molecular complexity index is 1150. The number of fused-ring (bicyclic) bond motifs is 3. The number of anilines is 1. The van der Waals surface area contributed by atoms with E-state index in [-0.39, 0.29) is 11.6 Å². The summed E-state index contributed by atoms with van der Waals surface area (Å²) in [6, 6.07) is 8.26. The number of H-pyrrole nitrogens is 1. The van der Waals surface area contributed by atoms with Crippen LogP contribution in [-0.4, -0.2) is 48.2 Å². The third-order valence-corrected chi connectivity index (χ3v) is 8.02. The monoisotopic (exact) mass is 438 g/mol. The molecule has 1 aliphatic carbocycles. The molecule has 7 heteroatoms. The fourth-order valence-electron chi connectivity index (χ4n) is 4.98. The van der Waals surface area contributed by atoms with E-state index in [1.807, 2.05) is 12.1 Å². The summed E-state index contributed by atoms with van der Waals surface area (Å²) in [4.78, 5) is 28.1.